The Balaban J connectivity index is 1.46. The van der Waals surface area contributed by atoms with E-state index in [1.165, 1.54) is 24.2 Å². The molecule has 2 aliphatic heterocycles. The van der Waals surface area contributed by atoms with Gasteiger partial charge >= 0.3 is 0 Å². The number of aryl methyl sites for hydroxylation is 1. The number of hydrogen-bond acceptors (Lipinski definition) is 4. The lowest BCUT2D eigenvalue weighted by Gasteiger charge is -2.20. The van der Waals surface area contributed by atoms with Crippen LogP contribution in [0.1, 0.15) is 34.5 Å². The number of thiophene rings is 1. The monoisotopic (exact) mass is 313 g/mol. The maximum absolute atomic E-state index is 12.4. The summed E-state index contributed by atoms with van der Waals surface area (Å²) in [5.74, 6) is 0.0442. The van der Waals surface area contributed by atoms with Crippen molar-refractivity contribution in [3.05, 3.63) is 40.9 Å². The zero-order valence-corrected chi connectivity index (χ0v) is 13.3. The summed E-state index contributed by atoms with van der Waals surface area (Å²) in [5, 5.41) is 6.74. The molecule has 4 heterocycles. The van der Waals surface area contributed by atoms with Gasteiger partial charge in [0, 0.05) is 24.3 Å². The fourth-order valence-corrected chi connectivity index (χ4v) is 4.32. The lowest BCUT2D eigenvalue weighted by Crippen LogP contribution is -2.42. The summed E-state index contributed by atoms with van der Waals surface area (Å²) < 4.78 is 0. The molecule has 0 spiro atoms. The molecule has 1 amide bonds. The molecule has 2 N–H and O–H groups in total. The van der Waals surface area contributed by atoms with Gasteiger partial charge in [-0.3, -0.25) is 9.78 Å². The zero-order valence-electron chi connectivity index (χ0n) is 12.5. The van der Waals surface area contributed by atoms with Crippen LogP contribution < -0.4 is 10.6 Å². The van der Waals surface area contributed by atoms with Gasteiger partial charge in [0.1, 0.15) is 0 Å². The highest BCUT2D eigenvalue weighted by molar-refractivity contribution is 7.17. The molecule has 3 atom stereocenters. The Morgan fingerprint density at radius 3 is 2.91 bits per heavy atom. The third-order valence-corrected chi connectivity index (χ3v) is 5.72. The minimum atomic E-state index is 0.0442. The highest BCUT2D eigenvalue weighted by Crippen LogP contribution is 2.30. The van der Waals surface area contributed by atoms with E-state index in [9.17, 15) is 4.79 Å². The number of nitrogens with one attached hydrogen (secondary N) is 2. The number of amides is 1. The molecule has 2 aliphatic rings. The molecule has 4 rings (SSSR count). The Morgan fingerprint density at radius 1 is 1.32 bits per heavy atom. The predicted molar refractivity (Wildman–Crippen MR) is 88.1 cm³/mol. The Kier molecular flexibility index (Phi) is 3.47. The molecule has 0 aliphatic carbocycles. The van der Waals surface area contributed by atoms with Gasteiger partial charge in [-0.05, 0) is 49.9 Å². The Bertz CT molecular complexity index is 694. The van der Waals surface area contributed by atoms with Crippen molar-refractivity contribution in [3.63, 3.8) is 0 Å². The lowest BCUT2D eigenvalue weighted by atomic mass is 9.95. The van der Waals surface area contributed by atoms with Gasteiger partial charge < -0.3 is 10.6 Å². The van der Waals surface area contributed by atoms with E-state index in [4.69, 9.17) is 0 Å². The van der Waals surface area contributed by atoms with Crippen LogP contribution >= 0.6 is 11.3 Å². The maximum Gasteiger partial charge on any atom is 0.261 e. The summed E-state index contributed by atoms with van der Waals surface area (Å²) in [7, 11) is 0. The van der Waals surface area contributed by atoms with Gasteiger partial charge in [0.25, 0.3) is 5.91 Å². The van der Waals surface area contributed by atoms with Crippen molar-refractivity contribution in [2.24, 2.45) is 0 Å². The summed E-state index contributed by atoms with van der Waals surface area (Å²) in [4.78, 5) is 18.7. The fraction of sp³-hybridized carbons (Fsp3) is 0.412. The molecule has 2 bridgehead atoms. The molecule has 22 heavy (non-hydrogen) atoms. The average molecular weight is 313 g/mol. The van der Waals surface area contributed by atoms with Gasteiger partial charge in [-0.2, -0.15) is 0 Å². The van der Waals surface area contributed by atoms with E-state index in [0.29, 0.717) is 12.1 Å². The highest BCUT2D eigenvalue weighted by Gasteiger charge is 2.39. The van der Waals surface area contributed by atoms with Crippen molar-refractivity contribution in [1.82, 2.24) is 15.6 Å². The zero-order chi connectivity index (χ0) is 15.1. The quantitative estimate of drug-likeness (QED) is 0.916. The number of rotatable bonds is 3. The van der Waals surface area contributed by atoms with Crippen molar-refractivity contribution >= 4 is 17.2 Å². The molecule has 0 saturated carbocycles. The topological polar surface area (TPSA) is 54.0 Å². The molecule has 0 unspecified atom stereocenters. The maximum atomic E-state index is 12.4. The van der Waals surface area contributed by atoms with Crippen LogP contribution in [0.4, 0.5) is 0 Å². The second-order valence-electron chi connectivity index (χ2n) is 6.25. The summed E-state index contributed by atoms with van der Waals surface area (Å²) in [5.41, 5.74) is 2.07. The summed E-state index contributed by atoms with van der Waals surface area (Å²) in [6.07, 6.45) is 5.35. The molecule has 2 fully saturated rings. The molecular weight excluding hydrogens is 294 g/mol. The molecule has 5 heteroatoms. The first-order valence-electron chi connectivity index (χ1n) is 7.79. The first-order valence-corrected chi connectivity index (χ1v) is 8.60. The van der Waals surface area contributed by atoms with Gasteiger partial charge in [-0.25, -0.2) is 0 Å². The molecule has 0 aromatic carbocycles. The van der Waals surface area contributed by atoms with Crippen molar-refractivity contribution in [2.75, 3.05) is 0 Å². The third-order valence-electron chi connectivity index (χ3n) is 4.61. The fourth-order valence-electron chi connectivity index (χ4n) is 3.43. The van der Waals surface area contributed by atoms with Crippen LogP contribution in [0.25, 0.3) is 10.6 Å². The second-order valence-corrected chi connectivity index (χ2v) is 7.33. The second kappa shape index (κ2) is 5.48. The van der Waals surface area contributed by atoms with Crippen LogP contribution in [0.3, 0.4) is 0 Å². The Morgan fingerprint density at radius 2 is 2.23 bits per heavy atom. The van der Waals surface area contributed by atoms with Gasteiger partial charge in [-0.15, -0.1) is 11.3 Å². The van der Waals surface area contributed by atoms with Crippen LogP contribution in [-0.4, -0.2) is 29.0 Å². The van der Waals surface area contributed by atoms with Crippen molar-refractivity contribution < 1.29 is 4.79 Å². The molecule has 0 radical (unpaired) electrons. The standard InChI is InChI=1S/C17H19N3OS/c1-10-2-4-13(18-9-10)15-6-7-16(22-15)17(21)20-14-8-11-3-5-12(14)19-11/h2,4,6-7,9,11-12,14,19H,3,5,8H2,1H3,(H,20,21)/t11-,12+,14-/m1/s1. The van der Waals surface area contributed by atoms with Gasteiger partial charge in [0.15, 0.2) is 0 Å². The van der Waals surface area contributed by atoms with Gasteiger partial charge in [0.05, 0.1) is 15.4 Å². The van der Waals surface area contributed by atoms with E-state index in [2.05, 4.69) is 15.6 Å². The van der Waals surface area contributed by atoms with Crippen LogP contribution in [0.2, 0.25) is 0 Å². The SMILES string of the molecule is Cc1ccc(-c2ccc(C(=O)N[C@@H]3C[C@H]4CC[C@@H]3N4)s2)nc1. The molecule has 2 aromatic heterocycles. The number of carbonyl (C=O) groups excluding carboxylic acids is 1. The van der Waals surface area contributed by atoms with E-state index in [1.807, 2.05) is 37.4 Å². The normalized spacial score (nSPS) is 26.3. The number of pyridine rings is 1. The summed E-state index contributed by atoms with van der Waals surface area (Å²) in [6.45, 7) is 2.02. The highest BCUT2D eigenvalue weighted by atomic mass is 32.1. The minimum absolute atomic E-state index is 0.0442. The number of nitrogens with zero attached hydrogens (tertiary/aromatic N) is 1. The van der Waals surface area contributed by atoms with E-state index >= 15 is 0 Å². The average Bonchev–Trinajstić information content (AvgIpc) is 3.24. The summed E-state index contributed by atoms with van der Waals surface area (Å²) in [6, 6.07) is 9.28. The van der Waals surface area contributed by atoms with Crippen molar-refractivity contribution in [2.45, 2.75) is 44.3 Å². The van der Waals surface area contributed by atoms with E-state index in [-0.39, 0.29) is 11.9 Å². The largest absolute Gasteiger partial charge is 0.347 e. The third kappa shape index (κ3) is 2.55. The molecule has 114 valence electrons. The molecule has 4 nitrogen and oxygen atoms in total. The van der Waals surface area contributed by atoms with E-state index < -0.39 is 0 Å². The number of carbonyl (C=O) groups is 1. The Labute approximate surface area is 134 Å². The van der Waals surface area contributed by atoms with Crippen LogP contribution in [0, 0.1) is 6.92 Å². The van der Waals surface area contributed by atoms with Crippen molar-refractivity contribution in [3.8, 4) is 10.6 Å². The van der Waals surface area contributed by atoms with Crippen LogP contribution in [-0.2, 0) is 0 Å². The number of fused-ring (bicyclic) bond motifs is 2. The molecule has 2 saturated heterocycles. The predicted octanol–water partition coefficient (Wildman–Crippen LogP) is 2.74. The van der Waals surface area contributed by atoms with E-state index in [1.54, 1.807) is 0 Å². The number of aromatic nitrogens is 1. The first-order chi connectivity index (χ1) is 10.7. The van der Waals surface area contributed by atoms with Crippen molar-refractivity contribution in [1.29, 1.82) is 0 Å². The molecule has 2 aromatic rings. The van der Waals surface area contributed by atoms with Gasteiger partial charge in [-0.1, -0.05) is 6.07 Å². The Hall–Kier alpha value is -1.72. The molecular formula is C17H19N3OS. The van der Waals surface area contributed by atoms with Crippen LogP contribution in [0.15, 0.2) is 30.5 Å². The summed E-state index contributed by atoms with van der Waals surface area (Å²) >= 11 is 1.51. The lowest BCUT2D eigenvalue weighted by molar-refractivity contribution is 0.0935. The van der Waals surface area contributed by atoms with E-state index in [0.717, 1.165) is 27.4 Å². The minimum Gasteiger partial charge on any atom is -0.347 e. The van der Waals surface area contributed by atoms with Crippen LogP contribution in [0.5, 0.6) is 0 Å². The smallest absolute Gasteiger partial charge is 0.261 e. The first kappa shape index (κ1) is 13.9. The van der Waals surface area contributed by atoms with Gasteiger partial charge in [0.2, 0.25) is 0 Å². The number of hydrogen-bond donors (Lipinski definition) is 2.